The number of hydrogen-bond acceptors (Lipinski definition) is 9. The number of rotatable bonds is 10. The average Bonchev–Trinajstić information content (AvgIpc) is 3.54. The molecule has 1 atom stereocenters. The SMILES string of the molecule is COc1ccc(S(=O)(=O)N(CC(OC)OC)C2CC(=O)N(c3ccc(-c4nc5ccccc5o4)cc3)C2=O)cc1. The second-order valence-electron chi connectivity index (χ2n) is 8.97. The summed E-state index contributed by atoms with van der Waals surface area (Å²) < 4.78 is 49.8. The standard InChI is InChI=1S/C28H27N3O8S/c1-36-20-12-14-21(15-13-20)40(34,35)30(17-26(37-2)38-3)23-16-25(32)31(28(23)33)19-10-8-18(9-11-19)27-29-22-6-4-5-7-24(22)39-27/h4-15,23,26H,16-17H2,1-3H3. The maximum atomic E-state index is 13.7. The zero-order valence-electron chi connectivity index (χ0n) is 22.0. The maximum Gasteiger partial charge on any atom is 0.252 e. The maximum absolute atomic E-state index is 13.7. The van der Waals surface area contributed by atoms with Gasteiger partial charge in [0.15, 0.2) is 11.9 Å². The molecule has 0 N–H and O–H groups in total. The highest BCUT2D eigenvalue weighted by Gasteiger charge is 2.47. The summed E-state index contributed by atoms with van der Waals surface area (Å²) >= 11 is 0. The monoisotopic (exact) mass is 565 g/mol. The Hall–Kier alpha value is -4.10. The van der Waals surface area contributed by atoms with E-state index in [1.54, 1.807) is 24.3 Å². The molecule has 40 heavy (non-hydrogen) atoms. The van der Waals surface area contributed by atoms with Crippen LogP contribution in [0.4, 0.5) is 5.69 Å². The first-order chi connectivity index (χ1) is 19.3. The molecule has 0 saturated carbocycles. The number of para-hydroxylation sites is 2. The molecule has 12 heteroatoms. The lowest BCUT2D eigenvalue weighted by molar-refractivity contribution is -0.125. The molecule has 208 valence electrons. The molecule has 2 amide bonds. The average molecular weight is 566 g/mol. The summed E-state index contributed by atoms with van der Waals surface area (Å²) in [6, 6.07) is 18.4. The number of ether oxygens (including phenoxy) is 3. The van der Waals surface area contributed by atoms with Crippen LogP contribution in [0.5, 0.6) is 5.75 Å². The van der Waals surface area contributed by atoms with E-state index in [1.165, 1.54) is 45.6 Å². The van der Waals surface area contributed by atoms with Crippen molar-refractivity contribution in [2.24, 2.45) is 0 Å². The van der Waals surface area contributed by atoms with Crippen molar-refractivity contribution < 1.29 is 36.6 Å². The van der Waals surface area contributed by atoms with Crippen molar-refractivity contribution in [3.63, 3.8) is 0 Å². The molecule has 0 bridgehead atoms. The van der Waals surface area contributed by atoms with Crippen molar-refractivity contribution >= 4 is 38.6 Å². The smallest absolute Gasteiger partial charge is 0.252 e. The van der Waals surface area contributed by atoms with Crippen LogP contribution in [0.15, 0.2) is 82.1 Å². The number of aromatic nitrogens is 1. The topological polar surface area (TPSA) is 128 Å². The normalized spacial score (nSPS) is 16.0. The lowest BCUT2D eigenvalue weighted by atomic mass is 10.2. The largest absolute Gasteiger partial charge is 0.497 e. The second kappa shape index (κ2) is 11.2. The molecule has 0 aliphatic carbocycles. The van der Waals surface area contributed by atoms with Crippen LogP contribution in [0.25, 0.3) is 22.6 Å². The molecule has 2 heterocycles. The molecule has 1 aromatic heterocycles. The summed E-state index contributed by atoms with van der Waals surface area (Å²) in [5.74, 6) is -0.350. The van der Waals surface area contributed by atoms with Crippen molar-refractivity contribution in [2.75, 3.05) is 32.8 Å². The number of nitrogens with zero attached hydrogens (tertiary/aromatic N) is 3. The van der Waals surface area contributed by atoms with Gasteiger partial charge in [0.05, 0.1) is 30.7 Å². The van der Waals surface area contributed by atoms with Crippen molar-refractivity contribution in [2.45, 2.75) is 23.6 Å². The van der Waals surface area contributed by atoms with E-state index in [-0.39, 0.29) is 17.9 Å². The van der Waals surface area contributed by atoms with Gasteiger partial charge in [-0.15, -0.1) is 0 Å². The van der Waals surface area contributed by atoms with Gasteiger partial charge in [0.2, 0.25) is 21.8 Å². The van der Waals surface area contributed by atoms with E-state index in [1.807, 2.05) is 24.3 Å². The van der Waals surface area contributed by atoms with Gasteiger partial charge in [-0.1, -0.05) is 12.1 Å². The minimum Gasteiger partial charge on any atom is -0.497 e. The van der Waals surface area contributed by atoms with Crippen LogP contribution in [-0.4, -0.2) is 69.7 Å². The molecule has 0 radical (unpaired) electrons. The third kappa shape index (κ3) is 5.09. The van der Waals surface area contributed by atoms with Gasteiger partial charge < -0.3 is 18.6 Å². The predicted octanol–water partition coefficient (Wildman–Crippen LogP) is 3.45. The third-order valence-electron chi connectivity index (χ3n) is 6.66. The number of amides is 2. The van der Waals surface area contributed by atoms with Crippen LogP contribution >= 0.6 is 0 Å². The minimum atomic E-state index is -4.24. The van der Waals surface area contributed by atoms with Gasteiger partial charge in [0.1, 0.15) is 17.3 Å². The van der Waals surface area contributed by atoms with Crippen LogP contribution < -0.4 is 9.64 Å². The fourth-order valence-electron chi connectivity index (χ4n) is 4.53. The Balaban J connectivity index is 1.44. The molecule has 1 aliphatic rings. The van der Waals surface area contributed by atoms with Crippen LogP contribution in [0, 0.1) is 0 Å². The van der Waals surface area contributed by atoms with Gasteiger partial charge in [-0.05, 0) is 60.7 Å². The molecule has 11 nitrogen and oxygen atoms in total. The van der Waals surface area contributed by atoms with E-state index in [2.05, 4.69) is 4.98 Å². The number of methoxy groups -OCH3 is 3. The zero-order chi connectivity index (χ0) is 28.4. The summed E-state index contributed by atoms with van der Waals surface area (Å²) in [7, 11) is -0.0583. The predicted molar refractivity (Wildman–Crippen MR) is 145 cm³/mol. The van der Waals surface area contributed by atoms with E-state index in [0.29, 0.717) is 34.0 Å². The summed E-state index contributed by atoms with van der Waals surface area (Å²) in [6.45, 7) is -0.310. The van der Waals surface area contributed by atoms with Gasteiger partial charge in [-0.25, -0.2) is 18.3 Å². The first-order valence-electron chi connectivity index (χ1n) is 12.3. The van der Waals surface area contributed by atoms with Crippen LogP contribution in [0.3, 0.4) is 0 Å². The number of anilines is 1. The summed E-state index contributed by atoms with van der Waals surface area (Å²) in [5, 5.41) is 0. The Kier molecular flexibility index (Phi) is 7.68. The number of fused-ring (bicyclic) bond motifs is 1. The van der Waals surface area contributed by atoms with E-state index < -0.39 is 34.2 Å². The molecule has 1 saturated heterocycles. The summed E-state index contributed by atoms with van der Waals surface area (Å²) in [5.41, 5.74) is 2.30. The number of sulfonamides is 1. The first kappa shape index (κ1) is 27.5. The van der Waals surface area contributed by atoms with E-state index in [0.717, 1.165) is 9.21 Å². The van der Waals surface area contributed by atoms with Gasteiger partial charge in [0, 0.05) is 19.8 Å². The molecule has 1 fully saturated rings. The number of oxazole rings is 1. The molecule has 3 aromatic carbocycles. The summed E-state index contributed by atoms with van der Waals surface area (Å²) in [6.07, 6.45) is -1.32. The molecule has 0 spiro atoms. The fourth-order valence-corrected chi connectivity index (χ4v) is 6.10. The van der Waals surface area contributed by atoms with E-state index >= 15 is 0 Å². The minimum absolute atomic E-state index is 0.0688. The Morgan fingerprint density at radius 2 is 1.65 bits per heavy atom. The lowest BCUT2D eigenvalue weighted by Crippen LogP contribution is -2.49. The Bertz CT molecular complexity index is 1600. The highest BCUT2D eigenvalue weighted by molar-refractivity contribution is 7.89. The van der Waals surface area contributed by atoms with Gasteiger partial charge in [-0.3, -0.25) is 9.59 Å². The lowest BCUT2D eigenvalue weighted by Gasteiger charge is -2.29. The number of carbonyl (C=O) groups is 2. The number of carbonyl (C=O) groups excluding carboxylic acids is 2. The number of imide groups is 1. The van der Waals surface area contributed by atoms with Gasteiger partial charge >= 0.3 is 0 Å². The van der Waals surface area contributed by atoms with E-state index in [4.69, 9.17) is 18.6 Å². The zero-order valence-corrected chi connectivity index (χ0v) is 22.8. The molecule has 1 aliphatic heterocycles. The quantitative estimate of drug-likeness (QED) is 0.210. The van der Waals surface area contributed by atoms with Crippen LogP contribution in [-0.2, 0) is 29.1 Å². The number of hydrogen-bond donors (Lipinski definition) is 0. The molecular weight excluding hydrogens is 538 g/mol. The highest BCUT2D eigenvalue weighted by Crippen LogP contribution is 2.32. The Morgan fingerprint density at radius 3 is 2.27 bits per heavy atom. The highest BCUT2D eigenvalue weighted by atomic mass is 32.2. The van der Waals surface area contributed by atoms with Crippen LogP contribution in [0.2, 0.25) is 0 Å². The molecule has 5 rings (SSSR count). The van der Waals surface area contributed by atoms with Gasteiger partial charge in [0.25, 0.3) is 5.91 Å². The fraction of sp³-hybridized carbons (Fsp3) is 0.250. The van der Waals surface area contributed by atoms with Crippen molar-refractivity contribution in [1.29, 1.82) is 0 Å². The van der Waals surface area contributed by atoms with Crippen molar-refractivity contribution in [3.8, 4) is 17.2 Å². The first-order valence-corrected chi connectivity index (χ1v) is 13.7. The van der Waals surface area contributed by atoms with Gasteiger partial charge in [-0.2, -0.15) is 4.31 Å². The molecule has 1 unspecified atom stereocenters. The van der Waals surface area contributed by atoms with Crippen molar-refractivity contribution in [1.82, 2.24) is 9.29 Å². The van der Waals surface area contributed by atoms with Crippen LogP contribution in [0.1, 0.15) is 6.42 Å². The van der Waals surface area contributed by atoms with E-state index in [9.17, 15) is 18.0 Å². The molecule has 4 aromatic rings. The Labute approximate surface area is 230 Å². The van der Waals surface area contributed by atoms with Crippen molar-refractivity contribution in [3.05, 3.63) is 72.8 Å². The molecular formula is C28H27N3O8S. The third-order valence-corrected chi connectivity index (χ3v) is 8.55. The second-order valence-corrected chi connectivity index (χ2v) is 10.9. The Morgan fingerprint density at radius 1 is 0.975 bits per heavy atom. The number of benzene rings is 3. The summed E-state index contributed by atoms with van der Waals surface area (Å²) in [4.78, 5) is 32.1.